The lowest BCUT2D eigenvalue weighted by molar-refractivity contribution is -0.394. The third-order valence-electron chi connectivity index (χ3n) is 2.42. The van der Waals surface area contributed by atoms with Crippen LogP contribution in [0.5, 0.6) is 17.2 Å². The summed E-state index contributed by atoms with van der Waals surface area (Å²) in [4.78, 5) is 19.9. The number of hydrogen-bond donors (Lipinski definition) is 0. The molecule has 0 aliphatic heterocycles. The van der Waals surface area contributed by atoms with Crippen LogP contribution < -0.4 is 9.84 Å². The van der Waals surface area contributed by atoms with E-state index in [9.17, 15) is 25.3 Å². The molecule has 0 aliphatic rings. The molecule has 0 heterocycles. The lowest BCUT2D eigenvalue weighted by Crippen LogP contribution is -1.98. The molecule has 0 spiro atoms. The first kappa shape index (κ1) is 13.3. The summed E-state index contributed by atoms with van der Waals surface area (Å²) in [5, 5.41) is 33.0. The van der Waals surface area contributed by atoms with Gasteiger partial charge < -0.3 is 9.84 Å². The van der Waals surface area contributed by atoms with Gasteiger partial charge in [-0.1, -0.05) is 23.9 Å². The molecule has 2 aromatic carbocycles. The quantitative estimate of drug-likeness (QED) is 0.624. The molecule has 0 fully saturated rings. The highest BCUT2D eigenvalue weighted by Crippen LogP contribution is 2.36. The maximum Gasteiger partial charge on any atom is 0.318 e. The third kappa shape index (κ3) is 2.64. The molecule has 8 nitrogen and oxygen atoms in total. The smallest absolute Gasteiger partial charge is 0.318 e. The van der Waals surface area contributed by atoms with E-state index in [0.717, 1.165) is 18.2 Å². The van der Waals surface area contributed by atoms with E-state index in [1.807, 2.05) is 0 Å². The first-order chi connectivity index (χ1) is 9.49. The number of nitrogens with zero attached hydrogens (tertiary/aromatic N) is 2. The van der Waals surface area contributed by atoms with Crippen LogP contribution in [0, 0.1) is 20.2 Å². The fourth-order valence-corrected chi connectivity index (χ4v) is 1.50. The Morgan fingerprint density at radius 1 is 0.900 bits per heavy atom. The fraction of sp³-hybridized carbons (Fsp3) is 0. The number of non-ortho nitro benzene ring substituents is 1. The van der Waals surface area contributed by atoms with Gasteiger partial charge in [-0.15, -0.1) is 0 Å². The number of benzene rings is 2. The number of ether oxygens (including phenoxy) is 1. The first-order valence-corrected chi connectivity index (χ1v) is 5.36. The summed E-state index contributed by atoms with van der Waals surface area (Å²) in [5.74, 6) is -0.770. The van der Waals surface area contributed by atoms with Crippen LogP contribution >= 0.6 is 0 Å². The van der Waals surface area contributed by atoms with Crippen molar-refractivity contribution < 1.29 is 19.7 Å². The lowest BCUT2D eigenvalue weighted by atomic mass is 10.2. The second-order valence-corrected chi connectivity index (χ2v) is 3.72. The molecular formula is C12H7N2O6-. The van der Waals surface area contributed by atoms with Crippen LogP contribution in [0.3, 0.4) is 0 Å². The summed E-state index contributed by atoms with van der Waals surface area (Å²) >= 11 is 0. The topological polar surface area (TPSA) is 119 Å². The van der Waals surface area contributed by atoms with Crippen molar-refractivity contribution in [3.63, 3.8) is 0 Å². The Hall–Kier alpha value is -3.16. The highest BCUT2D eigenvalue weighted by molar-refractivity contribution is 5.55. The van der Waals surface area contributed by atoms with Gasteiger partial charge in [0.25, 0.3) is 5.69 Å². The van der Waals surface area contributed by atoms with Crippen molar-refractivity contribution in [2.24, 2.45) is 0 Å². The average Bonchev–Trinajstić information content (AvgIpc) is 2.41. The Bertz CT molecular complexity index is 685. The van der Waals surface area contributed by atoms with E-state index < -0.39 is 27.0 Å². The van der Waals surface area contributed by atoms with Gasteiger partial charge in [0, 0.05) is 6.07 Å². The predicted octanol–water partition coefficient (Wildman–Crippen LogP) is 2.37. The minimum Gasteiger partial charge on any atom is -0.870 e. The first-order valence-electron chi connectivity index (χ1n) is 5.36. The summed E-state index contributed by atoms with van der Waals surface area (Å²) in [7, 11) is 0. The standard InChI is InChI=1S/C12H8N2O6/c15-10-3-1-2-4-12(10)20-11-6-5-8(13(16)17)7-9(11)14(18)19/h1-7,15H/p-1. The van der Waals surface area contributed by atoms with Crippen molar-refractivity contribution in [2.45, 2.75) is 0 Å². The van der Waals surface area contributed by atoms with E-state index in [1.54, 1.807) is 0 Å². The molecule has 8 heteroatoms. The molecule has 0 saturated carbocycles. The molecule has 0 aromatic heterocycles. The van der Waals surface area contributed by atoms with Crippen LogP contribution in [0.15, 0.2) is 42.5 Å². The zero-order valence-corrected chi connectivity index (χ0v) is 9.89. The summed E-state index contributed by atoms with van der Waals surface area (Å²) in [6.07, 6.45) is 0. The van der Waals surface area contributed by atoms with Crippen molar-refractivity contribution in [2.75, 3.05) is 0 Å². The van der Waals surface area contributed by atoms with E-state index in [-0.39, 0.29) is 11.5 Å². The van der Waals surface area contributed by atoms with Gasteiger partial charge in [-0.3, -0.25) is 20.2 Å². The van der Waals surface area contributed by atoms with E-state index in [4.69, 9.17) is 4.74 Å². The number of nitro groups is 2. The van der Waals surface area contributed by atoms with Gasteiger partial charge in [0.15, 0.2) is 0 Å². The van der Waals surface area contributed by atoms with E-state index in [2.05, 4.69) is 0 Å². The number of para-hydroxylation sites is 2. The van der Waals surface area contributed by atoms with Gasteiger partial charge in [0.2, 0.25) is 5.75 Å². The van der Waals surface area contributed by atoms with Crippen molar-refractivity contribution in [1.29, 1.82) is 0 Å². The summed E-state index contributed by atoms with van der Waals surface area (Å²) in [6, 6.07) is 8.56. The lowest BCUT2D eigenvalue weighted by Gasteiger charge is -2.13. The molecule has 20 heavy (non-hydrogen) atoms. The van der Waals surface area contributed by atoms with E-state index in [0.29, 0.717) is 0 Å². The van der Waals surface area contributed by atoms with Crippen LogP contribution in [-0.2, 0) is 0 Å². The van der Waals surface area contributed by atoms with E-state index >= 15 is 0 Å². The molecule has 0 aliphatic carbocycles. The van der Waals surface area contributed by atoms with Crippen LogP contribution in [-0.4, -0.2) is 9.85 Å². The molecule has 0 N–H and O–H groups in total. The normalized spacial score (nSPS) is 10.0. The Morgan fingerprint density at radius 2 is 1.60 bits per heavy atom. The van der Waals surface area contributed by atoms with Gasteiger partial charge in [-0.25, -0.2) is 0 Å². The molecule has 2 rings (SSSR count). The van der Waals surface area contributed by atoms with Crippen molar-refractivity contribution in [3.8, 4) is 17.2 Å². The highest BCUT2D eigenvalue weighted by Gasteiger charge is 2.21. The monoisotopic (exact) mass is 275 g/mol. The zero-order valence-electron chi connectivity index (χ0n) is 9.89. The number of rotatable bonds is 4. The molecule has 0 bridgehead atoms. The largest absolute Gasteiger partial charge is 0.870 e. The van der Waals surface area contributed by atoms with Gasteiger partial charge in [0.05, 0.1) is 15.9 Å². The SMILES string of the molecule is O=[N+]([O-])c1ccc(Oc2ccccc2[O-])c([N+](=O)[O-])c1. The van der Waals surface area contributed by atoms with Gasteiger partial charge in [-0.05, 0) is 12.1 Å². The Kier molecular flexibility index (Phi) is 3.47. The highest BCUT2D eigenvalue weighted by atomic mass is 16.6. The summed E-state index contributed by atoms with van der Waals surface area (Å²) in [6.45, 7) is 0. The van der Waals surface area contributed by atoms with Gasteiger partial charge >= 0.3 is 5.69 Å². The minimum absolute atomic E-state index is 0.0931. The Morgan fingerprint density at radius 3 is 2.20 bits per heavy atom. The molecular weight excluding hydrogens is 268 g/mol. The second kappa shape index (κ2) is 5.22. The average molecular weight is 275 g/mol. The van der Waals surface area contributed by atoms with E-state index in [1.165, 1.54) is 24.3 Å². The fourth-order valence-electron chi connectivity index (χ4n) is 1.50. The van der Waals surface area contributed by atoms with Crippen LogP contribution in [0.1, 0.15) is 0 Å². The molecule has 0 amide bonds. The zero-order chi connectivity index (χ0) is 14.7. The second-order valence-electron chi connectivity index (χ2n) is 3.72. The van der Waals surface area contributed by atoms with Gasteiger partial charge in [0.1, 0.15) is 5.75 Å². The molecule has 0 unspecified atom stereocenters. The predicted molar refractivity (Wildman–Crippen MR) is 65.7 cm³/mol. The van der Waals surface area contributed by atoms with Crippen LogP contribution in [0.25, 0.3) is 0 Å². The minimum atomic E-state index is -0.810. The molecule has 2 aromatic rings. The van der Waals surface area contributed by atoms with Crippen LogP contribution in [0.4, 0.5) is 11.4 Å². The molecule has 0 radical (unpaired) electrons. The van der Waals surface area contributed by atoms with Crippen LogP contribution in [0.2, 0.25) is 0 Å². The maximum absolute atomic E-state index is 11.5. The Labute approximate surface area is 112 Å². The molecule has 102 valence electrons. The van der Waals surface area contributed by atoms with Crippen molar-refractivity contribution in [3.05, 3.63) is 62.7 Å². The summed E-state index contributed by atoms with van der Waals surface area (Å²) < 4.78 is 5.16. The Balaban J connectivity index is 2.44. The molecule has 0 saturated heterocycles. The third-order valence-corrected chi connectivity index (χ3v) is 2.42. The maximum atomic E-state index is 11.5. The van der Waals surface area contributed by atoms with Crippen molar-refractivity contribution >= 4 is 11.4 Å². The molecule has 0 atom stereocenters. The van der Waals surface area contributed by atoms with Crippen molar-refractivity contribution in [1.82, 2.24) is 0 Å². The van der Waals surface area contributed by atoms with Gasteiger partial charge in [-0.2, -0.15) is 0 Å². The summed E-state index contributed by atoms with van der Waals surface area (Å²) in [5.41, 5.74) is -1.01. The number of hydrogen-bond acceptors (Lipinski definition) is 6. The number of nitro benzene ring substituents is 2.